The smallest absolute Gasteiger partial charge is 0.0560 e. The molecule has 0 spiro atoms. The zero-order valence-electron chi connectivity index (χ0n) is 8.09. The van der Waals surface area contributed by atoms with Gasteiger partial charge >= 0.3 is 0 Å². The van der Waals surface area contributed by atoms with Crippen molar-refractivity contribution in [2.45, 2.75) is 33.3 Å². The Kier molecular flexibility index (Phi) is 7.18. The highest BCUT2D eigenvalue weighted by atomic mass is 32.2. The molecule has 0 heterocycles. The second kappa shape index (κ2) is 6.99. The highest BCUT2D eigenvalue weighted by Gasteiger charge is 2.03. The van der Waals surface area contributed by atoms with Gasteiger partial charge in [0, 0.05) is 5.75 Å². The lowest BCUT2D eigenvalue weighted by molar-refractivity contribution is 0.0634. The molecule has 0 aromatic heterocycles. The van der Waals surface area contributed by atoms with E-state index in [1.165, 1.54) is 6.42 Å². The van der Waals surface area contributed by atoms with E-state index in [4.69, 9.17) is 4.74 Å². The number of ether oxygens (including phenoxy) is 1. The highest BCUT2D eigenvalue weighted by Crippen LogP contribution is 2.07. The summed E-state index contributed by atoms with van der Waals surface area (Å²) >= 11 is 1.84. The molecule has 0 bridgehead atoms. The van der Waals surface area contributed by atoms with Crippen molar-refractivity contribution in [2.75, 3.05) is 18.6 Å². The van der Waals surface area contributed by atoms with Gasteiger partial charge in [-0.1, -0.05) is 13.8 Å². The highest BCUT2D eigenvalue weighted by molar-refractivity contribution is 7.98. The first kappa shape index (κ1) is 11.3. The molecule has 0 aromatic carbocycles. The van der Waals surface area contributed by atoms with Crippen molar-refractivity contribution in [1.29, 1.82) is 0 Å². The Bertz CT molecular complexity index is 83.6. The molecule has 68 valence electrons. The Labute approximate surface area is 74.9 Å². The normalized spacial score (nSPS) is 13.9. The zero-order valence-corrected chi connectivity index (χ0v) is 8.91. The molecule has 0 aliphatic carbocycles. The maximum Gasteiger partial charge on any atom is 0.0560 e. The van der Waals surface area contributed by atoms with Gasteiger partial charge in [-0.2, -0.15) is 11.8 Å². The Morgan fingerprint density at radius 1 is 1.27 bits per heavy atom. The summed E-state index contributed by atoms with van der Waals surface area (Å²) in [5.41, 5.74) is 0. The minimum absolute atomic E-state index is 0.433. The van der Waals surface area contributed by atoms with Crippen LogP contribution >= 0.6 is 11.8 Å². The van der Waals surface area contributed by atoms with Crippen molar-refractivity contribution < 1.29 is 4.74 Å². The lowest BCUT2D eigenvalue weighted by Crippen LogP contribution is -2.12. The first-order valence-corrected chi connectivity index (χ1v) is 5.66. The van der Waals surface area contributed by atoms with Crippen LogP contribution in [0.2, 0.25) is 0 Å². The second-order valence-electron chi connectivity index (χ2n) is 3.30. The van der Waals surface area contributed by atoms with E-state index in [0.717, 1.165) is 18.3 Å². The molecule has 0 amide bonds. The number of hydrogen-bond acceptors (Lipinski definition) is 2. The van der Waals surface area contributed by atoms with Crippen molar-refractivity contribution in [2.24, 2.45) is 5.92 Å². The Balaban J connectivity index is 3.15. The van der Waals surface area contributed by atoms with E-state index in [9.17, 15) is 0 Å². The molecule has 2 heteroatoms. The van der Waals surface area contributed by atoms with Gasteiger partial charge in [-0.15, -0.1) is 0 Å². The molecule has 0 saturated heterocycles. The van der Waals surface area contributed by atoms with Crippen LogP contribution in [-0.2, 0) is 4.74 Å². The summed E-state index contributed by atoms with van der Waals surface area (Å²) in [7, 11) is 0. The monoisotopic (exact) mass is 176 g/mol. The zero-order chi connectivity index (χ0) is 8.69. The summed E-state index contributed by atoms with van der Waals surface area (Å²) in [6.45, 7) is 7.51. The molecule has 0 fully saturated rings. The minimum atomic E-state index is 0.433. The molecule has 1 nitrogen and oxygen atoms in total. The van der Waals surface area contributed by atoms with Crippen molar-refractivity contribution in [3.63, 3.8) is 0 Å². The summed E-state index contributed by atoms with van der Waals surface area (Å²) in [6, 6.07) is 0. The molecular formula is C9H20OS. The molecule has 1 atom stereocenters. The van der Waals surface area contributed by atoms with E-state index >= 15 is 0 Å². The third-order valence-corrected chi connectivity index (χ3v) is 2.07. The Morgan fingerprint density at radius 3 is 2.36 bits per heavy atom. The maximum absolute atomic E-state index is 5.57. The molecule has 0 aliphatic rings. The number of rotatable bonds is 6. The van der Waals surface area contributed by atoms with E-state index in [1.54, 1.807) is 0 Å². The topological polar surface area (TPSA) is 9.23 Å². The van der Waals surface area contributed by atoms with Gasteiger partial charge in [0.2, 0.25) is 0 Å². The fourth-order valence-corrected chi connectivity index (χ4v) is 1.33. The summed E-state index contributed by atoms with van der Waals surface area (Å²) in [5.74, 6) is 1.86. The van der Waals surface area contributed by atoms with Crippen LogP contribution in [0.25, 0.3) is 0 Å². The molecule has 0 radical (unpaired) electrons. The molecule has 0 N–H and O–H groups in total. The maximum atomic E-state index is 5.57. The first-order valence-electron chi connectivity index (χ1n) is 4.27. The lowest BCUT2D eigenvalue weighted by atomic mass is 10.1. The molecule has 1 unspecified atom stereocenters. The molecule has 0 aromatic rings. The van der Waals surface area contributed by atoms with Crippen LogP contribution in [0.3, 0.4) is 0 Å². The molecule has 0 rings (SSSR count). The van der Waals surface area contributed by atoms with E-state index in [1.807, 2.05) is 11.8 Å². The van der Waals surface area contributed by atoms with Crippen LogP contribution in [0, 0.1) is 5.92 Å². The van der Waals surface area contributed by atoms with E-state index in [-0.39, 0.29) is 0 Å². The van der Waals surface area contributed by atoms with E-state index in [2.05, 4.69) is 27.0 Å². The average Bonchev–Trinajstić information content (AvgIpc) is 1.86. The standard InChI is InChI=1S/C9H20OS/c1-8(2)7-9(3)10-5-6-11-4/h8-9H,5-7H2,1-4H3. The lowest BCUT2D eigenvalue weighted by Gasteiger charge is -2.14. The largest absolute Gasteiger partial charge is 0.378 e. The van der Waals surface area contributed by atoms with Gasteiger partial charge < -0.3 is 4.74 Å². The van der Waals surface area contributed by atoms with E-state index in [0.29, 0.717) is 6.10 Å². The Hall–Kier alpha value is 0.310. The molecule has 11 heavy (non-hydrogen) atoms. The van der Waals surface area contributed by atoms with Gasteiger partial charge in [0.1, 0.15) is 0 Å². The van der Waals surface area contributed by atoms with Gasteiger partial charge in [0.25, 0.3) is 0 Å². The van der Waals surface area contributed by atoms with Crippen molar-refractivity contribution in [3.8, 4) is 0 Å². The fourth-order valence-electron chi connectivity index (χ4n) is 1.06. The van der Waals surface area contributed by atoms with Crippen LogP contribution in [0.4, 0.5) is 0 Å². The fraction of sp³-hybridized carbons (Fsp3) is 1.00. The predicted octanol–water partition coefficient (Wildman–Crippen LogP) is 2.80. The van der Waals surface area contributed by atoms with Gasteiger partial charge in [-0.25, -0.2) is 0 Å². The van der Waals surface area contributed by atoms with Crippen molar-refractivity contribution in [3.05, 3.63) is 0 Å². The van der Waals surface area contributed by atoms with Crippen molar-refractivity contribution >= 4 is 11.8 Å². The van der Waals surface area contributed by atoms with Crippen LogP contribution in [-0.4, -0.2) is 24.7 Å². The SMILES string of the molecule is CSCCOC(C)CC(C)C. The van der Waals surface area contributed by atoms with Gasteiger partial charge in [0.05, 0.1) is 12.7 Å². The third kappa shape index (κ3) is 8.21. The Morgan fingerprint density at radius 2 is 1.91 bits per heavy atom. The summed E-state index contributed by atoms with van der Waals surface area (Å²) < 4.78 is 5.57. The molecule has 0 saturated carbocycles. The van der Waals surface area contributed by atoms with Crippen LogP contribution < -0.4 is 0 Å². The summed E-state index contributed by atoms with van der Waals surface area (Å²) in [6.07, 6.45) is 3.72. The second-order valence-corrected chi connectivity index (χ2v) is 4.29. The molecule has 0 aliphatic heterocycles. The minimum Gasteiger partial charge on any atom is -0.378 e. The average molecular weight is 176 g/mol. The summed E-state index contributed by atoms with van der Waals surface area (Å²) in [4.78, 5) is 0. The molecular weight excluding hydrogens is 156 g/mol. The third-order valence-electron chi connectivity index (χ3n) is 1.49. The summed E-state index contributed by atoms with van der Waals surface area (Å²) in [5, 5.41) is 0. The first-order chi connectivity index (χ1) is 5.16. The van der Waals surface area contributed by atoms with Crippen molar-refractivity contribution in [1.82, 2.24) is 0 Å². The number of hydrogen-bond donors (Lipinski definition) is 0. The van der Waals surface area contributed by atoms with E-state index < -0.39 is 0 Å². The number of thioether (sulfide) groups is 1. The van der Waals surface area contributed by atoms with Crippen LogP contribution in [0.5, 0.6) is 0 Å². The van der Waals surface area contributed by atoms with Gasteiger partial charge in [-0.3, -0.25) is 0 Å². The van der Waals surface area contributed by atoms with Crippen LogP contribution in [0.15, 0.2) is 0 Å². The van der Waals surface area contributed by atoms with Gasteiger partial charge in [-0.05, 0) is 25.5 Å². The van der Waals surface area contributed by atoms with Gasteiger partial charge in [0.15, 0.2) is 0 Å². The van der Waals surface area contributed by atoms with Crippen LogP contribution in [0.1, 0.15) is 27.2 Å². The quantitative estimate of drug-likeness (QED) is 0.576. The predicted molar refractivity (Wildman–Crippen MR) is 53.3 cm³/mol.